The number of ether oxygens (including phenoxy) is 1. The van der Waals surface area contributed by atoms with Crippen molar-refractivity contribution < 1.29 is 14.7 Å². The van der Waals surface area contributed by atoms with Crippen molar-refractivity contribution >= 4 is 0 Å². The molecule has 3 nitrogen and oxygen atoms in total. The van der Waals surface area contributed by atoms with Crippen LogP contribution in [0.5, 0.6) is 5.75 Å². The van der Waals surface area contributed by atoms with Crippen LogP contribution in [0.1, 0.15) is 38.7 Å². The number of aliphatic hydroxyl groups excluding tert-OH is 1. The van der Waals surface area contributed by atoms with Gasteiger partial charge in [-0.1, -0.05) is 24.3 Å². The molecule has 0 amide bonds. The second-order valence-corrected chi connectivity index (χ2v) is 6.58. The van der Waals surface area contributed by atoms with Gasteiger partial charge < -0.3 is 14.7 Å². The van der Waals surface area contributed by atoms with Crippen molar-refractivity contribution in [2.24, 2.45) is 0 Å². The molecule has 1 fully saturated rings. The van der Waals surface area contributed by atoms with Crippen LogP contribution in [0.2, 0.25) is 0 Å². The molecule has 0 radical (unpaired) electrons. The minimum atomic E-state index is -0.421. The van der Waals surface area contributed by atoms with Gasteiger partial charge in [-0.25, -0.2) is 0 Å². The summed E-state index contributed by atoms with van der Waals surface area (Å²) in [5.41, 5.74) is 1.12. The van der Waals surface area contributed by atoms with Gasteiger partial charge in [-0.15, -0.1) is 6.58 Å². The summed E-state index contributed by atoms with van der Waals surface area (Å²) in [5.74, 6) is 0.858. The predicted octanol–water partition coefficient (Wildman–Crippen LogP) is 2.00. The Morgan fingerprint density at radius 2 is 2.00 bits per heavy atom. The summed E-state index contributed by atoms with van der Waals surface area (Å²) in [4.78, 5) is 1.52. The van der Waals surface area contributed by atoms with Crippen molar-refractivity contribution in [3.05, 3.63) is 42.5 Å². The first-order valence-electron chi connectivity index (χ1n) is 8.47. The van der Waals surface area contributed by atoms with E-state index in [0.717, 1.165) is 24.3 Å². The first-order valence-corrected chi connectivity index (χ1v) is 8.47. The maximum atomic E-state index is 10.4. The Bertz CT molecular complexity index is 464. The average Bonchev–Trinajstić information content (AvgIpc) is 2.50. The van der Waals surface area contributed by atoms with Gasteiger partial charge in [-0.05, 0) is 51.2 Å². The van der Waals surface area contributed by atoms with Crippen molar-refractivity contribution in [1.29, 1.82) is 0 Å². The first-order chi connectivity index (χ1) is 10.6. The van der Waals surface area contributed by atoms with Crippen LogP contribution < -0.4 is 9.64 Å². The number of piperidine rings is 1. The minimum absolute atomic E-state index is 0.358. The Morgan fingerprint density at radius 3 is 2.68 bits per heavy atom. The lowest BCUT2D eigenvalue weighted by atomic mass is 9.97. The highest BCUT2D eigenvalue weighted by Gasteiger charge is 2.30. The maximum Gasteiger partial charge on any atom is 0.137 e. The van der Waals surface area contributed by atoms with E-state index in [2.05, 4.69) is 20.4 Å². The third-order valence-corrected chi connectivity index (χ3v) is 4.78. The molecule has 1 aromatic carbocycles. The summed E-state index contributed by atoms with van der Waals surface area (Å²) in [7, 11) is 0. The second kappa shape index (κ2) is 8.35. The van der Waals surface area contributed by atoms with Gasteiger partial charge in [0.15, 0.2) is 0 Å². The van der Waals surface area contributed by atoms with Crippen molar-refractivity contribution in [3.63, 3.8) is 0 Å². The number of para-hydroxylation sites is 1. The van der Waals surface area contributed by atoms with E-state index in [0.29, 0.717) is 18.7 Å². The molecule has 0 saturated carbocycles. The fourth-order valence-electron chi connectivity index (χ4n) is 3.47. The van der Waals surface area contributed by atoms with Crippen LogP contribution >= 0.6 is 0 Å². The van der Waals surface area contributed by atoms with Gasteiger partial charge in [0.05, 0.1) is 12.1 Å². The Hall–Kier alpha value is -1.32. The Balaban J connectivity index is 1.87. The van der Waals surface area contributed by atoms with Gasteiger partial charge >= 0.3 is 0 Å². The van der Waals surface area contributed by atoms with Crippen LogP contribution in [-0.4, -0.2) is 36.4 Å². The summed E-state index contributed by atoms with van der Waals surface area (Å²) in [6.45, 7) is 9.49. The molecule has 22 heavy (non-hydrogen) atoms. The van der Waals surface area contributed by atoms with Gasteiger partial charge in [-0.3, -0.25) is 0 Å². The monoisotopic (exact) mass is 304 g/mol. The van der Waals surface area contributed by atoms with Gasteiger partial charge in [0.2, 0.25) is 0 Å². The molecule has 122 valence electrons. The number of likely N-dealkylation sites (tertiary alicyclic amines) is 1. The minimum Gasteiger partial charge on any atom is -0.490 e. The molecular formula is C19H30NO2+. The van der Waals surface area contributed by atoms with Gasteiger partial charge in [0, 0.05) is 0 Å². The van der Waals surface area contributed by atoms with Crippen LogP contribution in [-0.2, 0) is 6.42 Å². The molecule has 1 aliphatic rings. The maximum absolute atomic E-state index is 10.4. The highest BCUT2D eigenvalue weighted by Crippen LogP contribution is 2.18. The van der Waals surface area contributed by atoms with Gasteiger partial charge in [0.1, 0.15) is 25.0 Å². The molecule has 2 N–H and O–H groups in total. The Kier molecular flexibility index (Phi) is 6.47. The van der Waals surface area contributed by atoms with E-state index in [1.807, 2.05) is 30.3 Å². The summed E-state index contributed by atoms with van der Waals surface area (Å²) in [6.07, 6.45) is 6.07. The predicted molar refractivity (Wildman–Crippen MR) is 90.4 cm³/mol. The molecule has 0 aliphatic carbocycles. The molecule has 0 spiro atoms. The quantitative estimate of drug-likeness (QED) is 0.756. The molecule has 1 unspecified atom stereocenters. The van der Waals surface area contributed by atoms with Crippen LogP contribution in [0.15, 0.2) is 36.9 Å². The molecule has 1 aromatic rings. The smallest absolute Gasteiger partial charge is 0.137 e. The number of rotatable bonds is 7. The van der Waals surface area contributed by atoms with Gasteiger partial charge in [0.25, 0.3) is 0 Å². The van der Waals surface area contributed by atoms with Crippen molar-refractivity contribution in [2.75, 3.05) is 13.2 Å². The molecule has 0 aromatic heterocycles. The lowest BCUT2D eigenvalue weighted by Crippen LogP contribution is -3.20. The number of benzene rings is 1. The number of allylic oxidation sites excluding steroid dienone is 1. The summed E-state index contributed by atoms with van der Waals surface area (Å²) in [5, 5.41) is 10.4. The van der Waals surface area contributed by atoms with E-state index in [1.165, 1.54) is 24.2 Å². The highest BCUT2D eigenvalue weighted by atomic mass is 16.5. The fraction of sp³-hybridized carbons (Fsp3) is 0.579. The van der Waals surface area contributed by atoms with E-state index in [-0.39, 0.29) is 0 Å². The summed E-state index contributed by atoms with van der Waals surface area (Å²) < 4.78 is 5.85. The second-order valence-electron chi connectivity index (χ2n) is 6.58. The van der Waals surface area contributed by atoms with Crippen molar-refractivity contribution in [3.8, 4) is 5.75 Å². The zero-order chi connectivity index (χ0) is 15.9. The zero-order valence-corrected chi connectivity index (χ0v) is 13.9. The largest absolute Gasteiger partial charge is 0.490 e. The Morgan fingerprint density at radius 1 is 1.32 bits per heavy atom. The number of quaternary nitrogens is 1. The van der Waals surface area contributed by atoms with Crippen molar-refractivity contribution in [1.82, 2.24) is 0 Å². The molecule has 0 bridgehead atoms. The number of hydrogen-bond acceptors (Lipinski definition) is 2. The lowest BCUT2D eigenvalue weighted by molar-refractivity contribution is -0.954. The molecular weight excluding hydrogens is 274 g/mol. The van der Waals surface area contributed by atoms with E-state index in [4.69, 9.17) is 4.74 Å². The third kappa shape index (κ3) is 4.59. The van der Waals surface area contributed by atoms with E-state index in [1.54, 1.807) is 0 Å². The highest BCUT2D eigenvalue weighted by molar-refractivity contribution is 5.34. The van der Waals surface area contributed by atoms with E-state index >= 15 is 0 Å². The number of aliphatic hydroxyl groups is 1. The SMILES string of the molecule is C=CCc1ccccc1OC[C@H](O)C[NH+]1[C@H](C)CCC[C@@H]1C. The summed E-state index contributed by atoms with van der Waals surface area (Å²) in [6, 6.07) is 9.24. The molecule has 1 heterocycles. The van der Waals surface area contributed by atoms with Crippen molar-refractivity contribution in [2.45, 2.75) is 57.7 Å². The molecule has 2 rings (SSSR count). The molecule has 3 heteroatoms. The standard InChI is InChI=1S/C19H29NO2/c1-4-8-17-11-5-6-12-19(17)22-14-18(21)13-20-15(2)9-7-10-16(20)3/h4-6,11-12,15-16,18,21H,1,7-10,13-14H2,2-3H3/p+1/t15-,16+,18-/m1/s1. The number of nitrogens with one attached hydrogen (secondary N) is 1. The van der Waals surface area contributed by atoms with E-state index < -0.39 is 6.10 Å². The van der Waals surface area contributed by atoms with Crippen LogP contribution in [0.25, 0.3) is 0 Å². The zero-order valence-electron chi connectivity index (χ0n) is 13.9. The van der Waals surface area contributed by atoms with Gasteiger partial charge in [-0.2, -0.15) is 0 Å². The first kappa shape index (κ1) is 17.0. The van der Waals surface area contributed by atoms with E-state index in [9.17, 15) is 5.11 Å². The van der Waals surface area contributed by atoms with Crippen LogP contribution in [0.4, 0.5) is 0 Å². The summed E-state index contributed by atoms with van der Waals surface area (Å²) >= 11 is 0. The lowest BCUT2D eigenvalue weighted by Gasteiger charge is -2.36. The Labute approximate surface area is 134 Å². The number of hydrogen-bond donors (Lipinski definition) is 2. The molecule has 1 aliphatic heterocycles. The van der Waals surface area contributed by atoms with Crippen LogP contribution in [0.3, 0.4) is 0 Å². The molecule has 1 saturated heterocycles. The normalized spacial score (nSPS) is 26.4. The van der Waals surface area contributed by atoms with Crippen LogP contribution in [0, 0.1) is 0 Å². The third-order valence-electron chi connectivity index (χ3n) is 4.78. The topological polar surface area (TPSA) is 33.9 Å². The molecule has 4 atom stereocenters. The average molecular weight is 304 g/mol. The fourth-order valence-corrected chi connectivity index (χ4v) is 3.47.